The Balaban J connectivity index is 1.69. The van der Waals surface area contributed by atoms with Crippen molar-refractivity contribution in [1.29, 1.82) is 0 Å². The van der Waals surface area contributed by atoms with Crippen LogP contribution in [0, 0.1) is 18.6 Å². The number of aryl methyl sites for hydroxylation is 1. The molecular formula is C21H24F2N2O3S. The fourth-order valence-electron chi connectivity index (χ4n) is 3.51. The Labute approximate surface area is 169 Å². The molecule has 0 aromatic heterocycles. The summed E-state index contributed by atoms with van der Waals surface area (Å²) in [5.41, 5.74) is 0.743. The smallest absolute Gasteiger partial charge is 0.243 e. The van der Waals surface area contributed by atoms with Crippen LogP contribution in [0.25, 0.3) is 0 Å². The van der Waals surface area contributed by atoms with Gasteiger partial charge >= 0.3 is 0 Å². The Morgan fingerprint density at radius 3 is 2.41 bits per heavy atom. The highest BCUT2D eigenvalue weighted by Crippen LogP contribution is 2.27. The summed E-state index contributed by atoms with van der Waals surface area (Å²) in [5, 5.41) is 2.51. The SMILES string of the molecule is Cc1ccc(S(=O)(=O)N2CCCCC2CC(=O)NCc2c(F)cccc2F)cc1. The molecule has 1 unspecified atom stereocenters. The van der Waals surface area contributed by atoms with Crippen LogP contribution in [-0.4, -0.2) is 31.2 Å². The van der Waals surface area contributed by atoms with Crippen molar-refractivity contribution in [2.24, 2.45) is 0 Å². The van der Waals surface area contributed by atoms with Crippen molar-refractivity contribution >= 4 is 15.9 Å². The number of amides is 1. The van der Waals surface area contributed by atoms with Crippen LogP contribution in [-0.2, 0) is 21.4 Å². The molecule has 1 saturated heterocycles. The molecule has 1 aliphatic heterocycles. The van der Waals surface area contributed by atoms with E-state index in [2.05, 4.69) is 5.32 Å². The molecule has 0 bridgehead atoms. The van der Waals surface area contributed by atoms with Crippen LogP contribution in [0.5, 0.6) is 0 Å². The van der Waals surface area contributed by atoms with Gasteiger partial charge in [0.05, 0.1) is 4.90 Å². The number of carbonyl (C=O) groups is 1. The molecule has 1 amide bonds. The summed E-state index contributed by atoms with van der Waals surface area (Å²) in [7, 11) is -3.72. The number of nitrogens with zero attached hydrogens (tertiary/aromatic N) is 1. The van der Waals surface area contributed by atoms with Crippen molar-refractivity contribution in [3.05, 3.63) is 65.2 Å². The topological polar surface area (TPSA) is 66.5 Å². The van der Waals surface area contributed by atoms with Crippen LogP contribution in [0.1, 0.15) is 36.8 Å². The lowest BCUT2D eigenvalue weighted by atomic mass is 10.0. The summed E-state index contributed by atoms with van der Waals surface area (Å²) in [6.07, 6.45) is 2.05. The predicted molar refractivity (Wildman–Crippen MR) is 106 cm³/mol. The minimum absolute atomic E-state index is 0.0544. The van der Waals surface area contributed by atoms with E-state index in [9.17, 15) is 22.0 Å². The maximum Gasteiger partial charge on any atom is 0.243 e. The third-order valence-corrected chi connectivity index (χ3v) is 7.11. The molecule has 1 atom stereocenters. The number of sulfonamides is 1. The Morgan fingerprint density at radius 2 is 1.76 bits per heavy atom. The van der Waals surface area contributed by atoms with Crippen molar-refractivity contribution in [3.8, 4) is 0 Å². The molecule has 1 fully saturated rings. The van der Waals surface area contributed by atoms with Crippen LogP contribution in [0.15, 0.2) is 47.4 Å². The molecule has 1 heterocycles. The average Bonchev–Trinajstić information content (AvgIpc) is 2.68. The molecule has 2 aromatic rings. The second-order valence-electron chi connectivity index (χ2n) is 7.26. The van der Waals surface area contributed by atoms with Gasteiger partial charge < -0.3 is 5.32 Å². The molecule has 3 rings (SSSR count). The van der Waals surface area contributed by atoms with E-state index in [1.54, 1.807) is 24.3 Å². The molecule has 5 nitrogen and oxygen atoms in total. The second kappa shape index (κ2) is 9.00. The van der Waals surface area contributed by atoms with E-state index in [-0.39, 0.29) is 23.4 Å². The maximum atomic E-state index is 13.7. The van der Waals surface area contributed by atoms with Crippen molar-refractivity contribution in [2.45, 2.75) is 50.1 Å². The maximum absolute atomic E-state index is 13.7. The van der Waals surface area contributed by atoms with Crippen molar-refractivity contribution in [1.82, 2.24) is 9.62 Å². The second-order valence-corrected chi connectivity index (χ2v) is 9.15. The molecule has 0 spiro atoms. The monoisotopic (exact) mass is 422 g/mol. The molecular weight excluding hydrogens is 398 g/mol. The van der Waals surface area contributed by atoms with Gasteiger partial charge in [-0.15, -0.1) is 0 Å². The zero-order chi connectivity index (χ0) is 21.0. The van der Waals surface area contributed by atoms with Gasteiger partial charge in [0.2, 0.25) is 15.9 Å². The molecule has 0 radical (unpaired) electrons. The van der Waals surface area contributed by atoms with Crippen LogP contribution >= 0.6 is 0 Å². The average molecular weight is 422 g/mol. The number of hydrogen-bond donors (Lipinski definition) is 1. The Morgan fingerprint density at radius 1 is 1.10 bits per heavy atom. The highest BCUT2D eigenvalue weighted by molar-refractivity contribution is 7.89. The molecule has 2 aromatic carbocycles. The minimum atomic E-state index is -3.72. The Kier molecular flexibility index (Phi) is 6.64. The molecule has 1 N–H and O–H groups in total. The first-order valence-electron chi connectivity index (χ1n) is 9.57. The standard InChI is InChI=1S/C21H24F2N2O3S/c1-15-8-10-17(11-9-15)29(27,28)25-12-3-2-5-16(25)13-21(26)24-14-18-19(22)6-4-7-20(18)23/h4,6-11,16H,2-3,5,12-14H2,1H3,(H,24,26). The Bertz CT molecular complexity index is 958. The van der Waals surface area contributed by atoms with Crippen LogP contribution in [0.4, 0.5) is 8.78 Å². The van der Waals surface area contributed by atoms with E-state index in [1.807, 2.05) is 6.92 Å². The summed E-state index contributed by atoms with van der Waals surface area (Å²) < 4.78 is 54.9. The quantitative estimate of drug-likeness (QED) is 0.775. The normalized spacial score (nSPS) is 17.8. The van der Waals surface area contributed by atoms with Gasteiger partial charge in [0, 0.05) is 31.1 Å². The summed E-state index contributed by atoms with van der Waals surface area (Å²) in [6.45, 7) is 1.94. The van der Waals surface area contributed by atoms with Crippen molar-refractivity contribution in [3.63, 3.8) is 0 Å². The lowest BCUT2D eigenvalue weighted by Gasteiger charge is -2.34. The highest BCUT2D eigenvalue weighted by atomic mass is 32.2. The summed E-state index contributed by atoms with van der Waals surface area (Å²) in [5.74, 6) is -1.90. The van der Waals surface area contributed by atoms with Gasteiger partial charge in [0.15, 0.2) is 0 Å². The van der Waals surface area contributed by atoms with Gasteiger partial charge in [-0.3, -0.25) is 4.79 Å². The number of rotatable bonds is 6. The molecule has 156 valence electrons. The van der Waals surface area contributed by atoms with E-state index in [4.69, 9.17) is 0 Å². The summed E-state index contributed by atoms with van der Waals surface area (Å²) in [6, 6.07) is 9.63. The van der Waals surface area contributed by atoms with Crippen molar-refractivity contribution < 1.29 is 22.0 Å². The van der Waals surface area contributed by atoms with Gasteiger partial charge in [-0.25, -0.2) is 17.2 Å². The van der Waals surface area contributed by atoms with Crippen molar-refractivity contribution in [2.75, 3.05) is 6.54 Å². The molecule has 0 saturated carbocycles. The molecule has 0 aliphatic carbocycles. The first-order valence-corrected chi connectivity index (χ1v) is 11.0. The van der Waals surface area contributed by atoms with E-state index in [1.165, 1.54) is 10.4 Å². The van der Waals surface area contributed by atoms with Crippen LogP contribution in [0.3, 0.4) is 0 Å². The third kappa shape index (κ3) is 5.00. The first kappa shape index (κ1) is 21.4. The van der Waals surface area contributed by atoms with E-state index in [0.29, 0.717) is 13.0 Å². The number of carbonyl (C=O) groups excluding carboxylic acids is 1. The lowest BCUT2D eigenvalue weighted by molar-refractivity contribution is -0.122. The predicted octanol–water partition coefficient (Wildman–Crippen LogP) is 3.52. The fraction of sp³-hybridized carbons (Fsp3) is 0.381. The van der Waals surface area contributed by atoms with E-state index in [0.717, 1.165) is 30.5 Å². The van der Waals surface area contributed by atoms with E-state index < -0.39 is 33.6 Å². The van der Waals surface area contributed by atoms with Crippen LogP contribution in [0.2, 0.25) is 0 Å². The highest BCUT2D eigenvalue weighted by Gasteiger charge is 2.34. The van der Waals surface area contributed by atoms with Gasteiger partial charge in [-0.05, 0) is 44.0 Å². The zero-order valence-electron chi connectivity index (χ0n) is 16.2. The van der Waals surface area contributed by atoms with Gasteiger partial charge in [-0.2, -0.15) is 4.31 Å². The zero-order valence-corrected chi connectivity index (χ0v) is 17.0. The number of piperidine rings is 1. The third-order valence-electron chi connectivity index (χ3n) is 5.15. The van der Waals surface area contributed by atoms with E-state index >= 15 is 0 Å². The Hall–Kier alpha value is -2.32. The minimum Gasteiger partial charge on any atom is -0.352 e. The first-order chi connectivity index (χ1) is 13.8. The summed E-state index contributed by atoms with van der Waals surface area (Å²) in [4.78, 5) is 12.6. The van der Waals surface area contributed by atoms with Crippen LogP contribution < -0.4 is 5.32 Å². The summed E-state index contributed by atoms with van der Waals surface area (Å²) >= 11 is 0. The number of hydrogen-bond acceptors (Lipinski definition) is 3. The number of nitrogens with one attached hydrogen (secondary N) is 1. The number of benzene rings is 2. The molecule has 1 aliphatic rings. The van der Waals surface area contributed by atoms with Gasteiger partial charge in [0.1, 0.15) is 11.6 Å². The molecule has 8 heteroatoms. The number of halogens is 2. The van der Waals surface area contributed by atoms with Gasteiger partial charge in [0.25, 0.3) is 0 Å². The molecule has 29 heavy (non-hydrogen) atoms. The lowest BCUT2D eigenvalue weighted by Crippen LogP contribution is -2.45. The fourth-order valence-corrected chi connectivity index (χ4v) is 5.21. The van der Waals surface area contributed by atoms with Gasteiger partial charge in [-0.1, -0.05) is 30.2 Å². The largest absolute Gasteiger partial charge is 0.352 e.